The minimum absolute atomic E-state index is 0. The number of aliphatic carboxylic acids is 1. The number of esters is 1. The summed E-state index contributed by atoms with van der Waals surface area (Å²) in [6.45, 7) is 4.30. The van der Waals surface area contributed by atoms with E-state index in [9.17, 15) is 19.5 Å². The second-order valence-corrected chi connectivity index (χ2v) is 9.83. The van der Waals surface area contributed by atoms with Gasteiger partial charge in [-0.05, 0) is 31.4 Å². The molecule has 0 aromatic heterocycles. The van der Waals surface area contributed by atoms with Crippen LogP contribution in [0, 0.1) is 11.3 Å². The summed E-state index contributed by atoms with van der Waals surface area (Å²) in [5.74, 6) is -0.961. The van der Waals surface area contributed by atoms with Gasteiger partial charge in [-0.25, -0.2) is 0 Å². The van der Waals surface area contributed by atoms with E-state index >= 15 is 0 Å². The van der Waals surface area contributed by atoms with Gasteiger partial charge in [0.2, 0.25) is 5.91 Å². The first kappa shape index (κ1) is 31.9. The van der Waals surface area contributed by atoms with Crippen LogP contribution in [0.1, 0.15) is 57.2 Å². The number of ether oxygens (including phenoxy) is 1. The average Bonchev–Trinajstić information content (AvgIpc) is 3.46. The van der Waals surface area contributed by atoms with E-state index in [0.717, 1.165) is 29.7 Å². The number of nitrogens with one attached hydrogen (secondary N) is 1. The van der Waals surface area contributed by atoms with Crippen molar-refractivity contribution in [3.63, 3.8) is 0 Å². The molecule has 220 valence electrons. The standard InChI is InChI=1S/C28H25N3O3.C5H10O2.CH4/c32-24(33)18-29-25(20-11-5-2-6-12-20)21-13-7-8-14-23(21)31-27(34)28-16-15-22(28)26(28)30-17-19-9-3-1-4-10-19;1-3-5(6)7-4-2;/h1-14,22H,15-18H2,(H,31,34)(H,32,33);3-4H2,1-2H3;1H4. The molecule has 3 aromatic carbocycles. The van der Waals surface area contributed by atoms with E-state index in [-0.39, 0.29) is 31.8 Å². The summed E-state index contributed by atoms with van der Waals surface area (Å²) >= 11 is 0. The number of nitrogens with zero attached hydrogens (tertiary/aromatic N) is 2. The molecule has 2 fully saturated rings. The van der Waals surface area contributed by atoms with E-state index in [2.05, 4.69) is 15.0 Å². The van der Waals surface area contributed by atoms with Gasteiger partial charge in [0.15, 0.2) is 0 Å². The Bertz CT molecular complexity index is 1440. The molecule has 5 rings (SSSR count). The number of benzene rings is 3. The molecule has 2 N–H and O–H groups in total. The van der Waals surface area contributed by atoms with Crippen LogP contribution in [0.15, 0.2) is 94.9 Å². The second-order valence-electron chi connectivity index (χ2n) is 9.83. The number of aliphatic imine (C=N–C) groups is 2. The maximum atomic E-state index is 13.4. The molecule has 0 aliphatic heterocycles. The van der Waals surface area contributed by atoms with Crippen LogP contribution in [0.3, 0.4) is 0 Å². The molecule has 2 aliphatic rings. The van der Waals surface area contributed by atoms with Crippen LogP contribution in [0.2, 0.25) is 0 Å². The van der Waals surface area contributed by atoms with E-state index in [1.807, 2.05) is 84.9 Å². The molecule has 2 saturated carbocycles. The normalized spacial score (nSPS) is 19.1. The fourth-order valence-electron chi connectivity index (χ4n) is 5.04. The van der Waals surface area contributed by atoms with Gasteiger partial charge in [-0.1, -0.05) is 93.2 Å². The number of hydrogen-bond donors (Lipinski definition) is 2. The Morgan fingerprint density at radius 1 is 0.952 bits per heavy atom. The third-order valence-electron chi connectivity index (χ3n) is 7.25. The first-order valence-electron chi connectivity index (χ1n) is 13.9. The Morgan fingerprint density at radius 2 is 1.60 bits per heavy atom. The fraction of sp³-hybridized carbons (Fsp3) is 0.324. The van der Waals surface area contributed by atoms with Crippen LogP contribution >= 0.6 is 0 Å². The minimum atomic E-state index is -1.01. The van der Waals surface area contributed by atoms with Crippen molar-refractivity contribution >= 4 is 35.0 Å². The monoisotopic (exact) mass is 569 g/mol. The molecule has 2 aliphatic carbocycles. The SMILES string of the molecule is C.CCOC(=O)CC.O=C(O)CN=C(c1ccccc1)c1ccccc1NC(=O)C12CCC1C2=NCc1ccccc1. The molecule has 1 amide bonds. The molecule has 2 atom stereocenters. The number of fused-ring (bicyclic) bond motifs is 1. The highest BCUT2D eigenvalue weighted by Gasteiger charge is 2.72. The highest BCUT2D eigenvalue weighted by Crippen LogP contribution is 2.65. The van der Waals surface area contributed by atoms with Crippen molar-refractivity contribution in [2.45, 2.75) is 47.1 Å². The number of amides is 1. The highest BCUT2D eigenvalue weighted by molar-refractivity contribution is 6.29. The summed E-state index contributed by atoms with van der Waals surface area (Å²) in [5.41, 5.74) is 4.26. The summed E-state index contributed by atoms with van der Waals surface area (Å²) in [5, 5.41) is 12.3. The third-order valence-corrected chi connectivity index (χ3v) is 7.25. The Balaban J connectivity index is 0.000000541. The van der Waals surface area contributed by atoms with Gasteiger partial charge < -0.3 is 15.2 Å². The van der Waals surface area contributed by atoms with Gasteiger partial charge in [0.1, 0.15) is 6.54 Å². The Morgan fingerprint density at radius 3 is 2.17 bits per heavy atom. The first-order valence-corrected chi connectivity index (χ1v) is 13.9. The quantitative estimate of drug-likeness (QED) is 0.223. The molecule has 0 heterocycles. The van der Waals surface area contributed by atoms with E-state index < -0.39 is 11.4 Å². The predicted molar refractivity (Wildman–Crippen MR) is 166 cm³/mol. The summed E-state index contributed by atoms with van der Waals surface area (Å²) in [4.78, 5) is 44.0. The zero-order valence-electron chi connectivity index (χ0n) is 23.4. The maximum Gasteiger partial charge on any atom is 0.325 e. The van der Waals surface area contributed by atoms with E-state index in [4.69, 9.17) is 4.99 Å². The van der Waals surface area contributed by atoms with Gasteiger partial charge in [-0.2, -0.15) is 0 Å². The predicted octanol–water partition coefficient (Wildman–Crippen LogP) is 6.19. The molecule has 0 spiro atoms. The van der Waals surface area contributed by atoms with Crippen LogP contribution in [0.5, 0.6) is 0 Å². The zero-order valence-corrected chi connectivity index (χ0v) is 23.4. The summed E-state index contributed by atoms with van der Waals surface area (Å²) in [6, 6.07) is 26.9. The smallest absolute Gasteiger partial charge is 0.325 e. The molecule has 0 radical (unpaired) electrons. The number of carbonyl (C=O) groups excluding carboxylic acids is 2. The van der Waals surface area contributed by atoms with Crippen LogP contribution in [0.25, 0.3) is 0 Å². The van der Waals surface area contributed by atoms with E-state index in [0.29, 0.717) is 36.5 Å². The lowest BCUT2D eigenvalue weighted by Crippen LogP contribution is -2.32. The molecule has 8 nitrogen and oxygen atoms in total. The van der Waals surface area contributed by atoms with Crippen LogP contribution in [-0.2, 0) is 25.7 Å². The minimum Gasteiger partial charge on any atom is -0.480 e. The van der Waals surface area contributed by atoms with Gasteiger partial charge in [-0.3, -0.25) is 24.4 Å². The molecule has 8 heteroatoms. The van der Waals surface area contributed by atoms with Gasteiger partial charge in [0.05, 0.1) is 30.0 Å². The van der Waals surface area contributed by atoms with Gasteiger partial charge >= 0.3 is 11.9 Å². The average molecular weight is 570 g/mol. The molecule has 42 heavy (non-hydrogen) atoms. The largest absolute Gasteiger partial charge is 0.480 e. The number of carboxylic acids is 1. The van der Waals surface area contributed by atoms with Crippen LogP contribution in [-0.4, -0.2) is 47.5 Å². The summed E-state index contributed by atoms with van der Waals surface area (Å²) in [7, 11) is 0. The lowest BCUT2D eigenvalue weighted by Gasteiger charge is -2.23. The van der Waals surface area contributed by atoms with Gasteiger partial charge in [-0.15, -0.1) is 0 Å². The summed E-state index contributed by atoms with van der Waals surface area (Å²) in [6.07, 6.45) is 2.27. The zero-order chi connectivity index (χ0) is 29.2. The molecular weight excluding hydrogens is 530 g/mol. The lowest BCUT2D eigenvalue weighted by molar-refractivity contribution is -0.142. The van der Waals surface area contributed by atoms with Gasteiger partial charge in [0, 0.05) is 29.2 Å². The van der Waals surface area contributed by atoms with Crippen molar-refractivity contribution < 1.29 is 24.2 Å². The van der Waals surface area contributed by atoms with Crippen LogP contribution < -0.4 is 5.32 Å². The fourth-order valence-corrected chi connectivity index (χ4v) is 5.04. The highest BCUT2D eigenvalue weighted by atomic mass is 16.5. The maximum absolute atomic E-state index is 13.4. The number of para-hydroxylation sites is 1. The third kappa shape index (κ3) is 7.37. The first-order chi connectivity index (χ1) is 19.9. The molecule has 2 unspecified atom stereocenters. The van der Waals surface area contributed by atoms with Crippen molar-refractivity contribution in [1.29, 1.82) is 0 Å². The molecule has 0 bridgehead atoms. The number of anilines is 1. The number of carboxylic acid groups (broad SMARTS) is 1. The number of carbonyl (C=O) groups is 3. The van der Waals surface area contributed by atoms with E-state index in [1.165, 1.54) is 0 Å². The molecule has 0 saturated heterocycles. The van der Waals surface area contributed by atoms with Crippen LogP contribution in [0.4, 0.5) is 5.69 Å². The Hall–Kier alpha value is -4.59. The van der Waals surface area contributed by atoms with Crippen molar-refractivity contribution in [2.75, 3.05) is 18.5 Å². The second kappa shape index (κ2) is 14.9. The van der Waals surface area contributed by atoms with Gasteiger partial charge in [0.25, 0.3) is 0 Å². The lowest BCUT2D eigenvalue weighted by atomic mass is 9.84. The number of hydrogen-bond acceptors (Lipinski definition) is 6. The topological polar surface area (TPSA) is 117 Å². The van der Waals surface area contributed by atoms with Crippen molar-refractivity contribution in [1.82, 2.24) is 0 Å². The molecular formula is C34H39N3O5. The van der Waals surface area contributed by atoms with Crippen molar-refractivity contribution in [3.8, 4) is 0 Å². The summed E-state index contributed by atoms with van der Waals surface area (Å²) < 4.78 is 4.55. The van der Waals surface area contributed by atoms with Crippen molar-refractivity contribution in [2.24, 2.45) is 21.3 Å². The molecule has 3 aromatic rings. The number of rotatable bonds is 10. The van der Waals surface area contributed by atoms with E-state index in [1.54, 1.807) is 13.8 Å². The van der Waals surface area contributed by atoms with Crippen molar-refractivity contribution in [3.05, 3.63) is 102 Å². The Kier molecular flexibility index (Phi) is 11.3. The Labute approximate surface area is 247 Å².